The second kappa shape index (κ2) is 8.27. The molecule has 0 atom stereocenters. The number of nitrogens with one attached hydrogen (secondary N) is 1. The zero-order valence-electron chi connectivity index (χ0n) is 14.1. The van der Waals surface area contributed by atoms with Crippen LogP contribution in [0.3, 0.4) is 0 Å². The van der Waals surface area contributed by atoms with Crippen LogP contribution in [0.15, 0.2) is 36.4 Å². The van der Waals surface area contributed by atoms with E-state index >= 15 is 0 Å². The molecule has 3 rings (SSSR count). The number of halogens is 1. The summed E-state index contributed by atoms with van der Waals surface area (Å²) in [6, 6.07) is 11.4. The van der Waals surface area contributed by atoms with Crippen molar-refractivity contribution < 1.29 is 9.53 Å². The minimum absolute atomic E-state index is 0.165. The number of piperidine rings is 1. The fourth-order valence-corrected chi connectivity index (χ4v) is 3.02. The van der Waals surface area contributed by atoms with Crippen molar-refractivity contribution in [1.29, 1.82) is 0 Å². The third-order valence-electron chi connectivity index (χ3n) is 4.32. The Balaban J connectivity index is 1.46. The van der Waals surface area contributed by atoms with Crippen LogP contribution in [0, 0.1) is 0 Å². The van der Waals surface area contributed by atoms with Crippen molar-refractivity contribution in [1.82, 2.24) is 20.4 Å². The fourth-order valence-electron chi connectivity index (χ4n) is 2.89. The number of likely N-dealkylation sites (tertiary alicyclic amines) is 1. The first kappa shape index (κ1) is 17.6. The van der Waals surface area contributed by atoms with Crippen LogP contribution in [0.25, 0.3) is 0 Å². The van der Waals surface area contributed by atoms with E-state index in [0.29, 0.717) is 11.6 Å². The van der Waals surface area contributed by atoms with Crippen molar-refractivity contribution in [2.75, 3.05) is 20.2 Å². The largest absolute Gasteiger partial charge is 0.480 e. The highest BCUT2D eigenvalue weighted by molar-refractivity contribution is 6.30. The lowest BCUT2D eigenvalue weighted by Gasteiger charge is -2.32. The van der Waals surface area contributed by atoms with Gasteiger partial charge in [0.15, 0.2) is 5.69 Å². The van der Waals surface area contributed by atoms with E-state index in [0.717, 1.165) is 37.5 Å². The lowest BCUT2D eigenvalue weighted by molar-refractivity contribution is 0.0902. The molecule has 25 heavy (non-hydrogen) atoms. The Labute approximate surface area is 152 Å². The number of hydrogen-bond acceptors (Lipinski definition) is 5. The number of nitrogens with zero attached hydrogens (tertiary/aromatic N) is 3. The van der Waals surface area contributed by atoms with Gasteiger partial charge in [0.1, 0.15) is 0 Å². The number of methoxy groups -OCH3 is 1. The number of carbonyl (C=O) groups excluding carboxylic acids is 1. The molecule has 1 fully saturated rings. The van der Waals surface area contributed by atoms with E-state index in [-0.39, 0.29) is 11.9 Å². The molecule has 0 radical (unpaired) electrons. The molecule has 2 heterocycles. The molecule has 0 aliphatic carbocycles. The van der Waals surface area contributed by atoms with Crippen LogP contribution in [-0.2, 0) is 6.54 Å². The maximum atomic E-state index is 12.2. The molecular weight excluding hydrogens is 340 g/mol. The van der Waals surface area contributed by atoms with Crippen molar-refractivity contribution in [3.63, 3.8) is 0 Å². The molecule has 1 saturated heterocycles. The number of ether oxygens (including phenoxy) is 1. The Morgan fingerprint density at radius 2 is 1.92 bits per heavy atom. The maximum Gasteiger partial charge on any atom is 0.272 e. The van der Waals surface area contributed by atoms with Gasteiger partial charge in [0, 0.05) is 36.8 Å². The van der Waals surface area contributed by atoms with E-state index in [9.17, 15) is 4.79 Å². The third kappa shape index (κ3) is 4.90. The normalized spacial score (nSPS) is 15.8. The van der Waals surface area contributed by atoms with E-state index in [1.807, 2.05) is 12.1 Å². The smallest absolute Gasteiger partial charge is 0.272 e. The Morgan fingerprint density at radius 3 is 2.52 bits per heavy atom. The molecule has 1 aliphatic rings. The number of hydrogen-bond donors (Lipinski definition) is 1. The summed E-state index contributed by atoms with van der Waals surface area (Å²) >= 11 is 5.92. The Hall–Kier alpha value is -2.18. The molecule has 1 N–H and O–H groups in total. The molecular formula is C18H21ClN4O2. The minimum Gasteiger partial charge on any atom is -0.480 e. The summed E-state index contributed by atoms with van der Waals surface area (Å²) in [7, 11) is 1.52. The van der Waals surface area contributed by atoms with Gasteiger partial charge in [-0.2, -0.15) is 0 Å². The number of carbonyl (C=O) groups is 1. The lowest BCUT2D eigenvalue weighted by Crippen LogP contribution is -2.44. The van der Waals surface area contributed by atoms with Crippen molar-refractivity contribution in [3.05, 3.63) is 52.7 Å². The van der Waals surface area contributed by atoms with Gasteiger partial charge in [-0.3, -0.25) is 9.69 Å². The minimum atomic E-state index is -0.189. The summed E-state index contributed by atoms with van der Waals surface area (Å²) in [4.78, 5) is 14.6. The van der Waals surface area contributed by atoms with Crippen LogP contribution in [0.4, 0.5) is 0 Å². The van der Waals surface area contributed by atoms with Crippen molar-refractivity contribution >= 4 is 17.5 Å². The van der Waals surface area contributed by atoms with E-state index in [1.54, 1.807) is 12.1 Å². The zero-order valence-corrected chi connectivity index (χ0v) is 14.9. The molecule has 0 spiro atoms. The van der Waals surface area contributed by atoms with Gasteiger partial charge >= 0.3 is 0 Å². The van der Waals surface area contributed by atoms with Crippen molar-refractivity contribution in [2.24, 2.45) is 0 Å². The monoisotopic (exact) mass is 360 g/mol. The quantitative estimate of drug-likeness (QED) is 0.887. The summed E-state index contributed by atoms with van der Waals surface area (Å²) in [5.41, 5.74) is 1.56. The SMILES string of the molecule is COc1ccc(C(=O)NC2CCN(Cc3ccc(Cl)cc3)CC2)nn1. The number of benzene rings is 1. The van der Waals surface area contributed by atoms with Crippen LogP contribution >= 0.6 is 11.6 Å². The average Bonchev–Trinajstić information content (AvgIpc) is 2.65. The van der Waals surface area contributed by atoms with Crippen LogP contribution in [0.5, 0.6) is 5.88 Å². The van der Waals surface area contributed by atoms with Crippen LogP contribution in [0.2, 0.25) is 5.02 Å². The van der Waals surface area contributed by atoms with Gasteiger partial charge in [0.25, 0.3) is 5.91 Å². The highest BCUT2D eigenvalue weighted by atomic mass is 35.5. The Morgan fingerprint density at radius 1 is 1.20 bits per heavy atom. The molecule has 0 unspecified atom stereocenters. The van der Waals surface area contributed by atoms with Gasteiger partial charge in [0.2, 0.25) is 5.88 Å². The van der Waals surface area contributed by atoms with E-state index in [2.05, 4.69) is 32.5 Å². The first-order chi connectivity index (χ1) is 12.1. The fraction of sp³-hybridized carbons (Fsp3) is 0.389. The van der Waals surface area contributed by atoms with Gasteiger partial charge in [0.05, 0.1) is 7.11 Å². The Kier molecular flexibility index (Phi) is 5.83. The summed E-state index contributed by atoms with van der Waals surface area (Å²) in [5, 5.41) is 11.5. The lowest BCUT2D eigenvalue weighted by atomic mass is 10.0. The average molecular weight is 361 g/mol. The first-order valence-corrected chi connectivity index (χ1v) is 8.67. The van der Waals surface area contributed by atoms with Crippen LogP contribution < -0.4 is 10.1 Å². The second-order valence-corrected chi connectivity index (χ2v) is 6.55. The maximum absolute atomic E-state index is 12.2. The van der Waals surface area contributed by atoms with Crippen LogP contribution in [-0.4, -0.2) is 47.2 Å². The number of rotatable bonds is 5. The molecule has 0 saturated carbocycles. The third-order valence-corrected chi connectivity index (χ3v) is 4.58. The predicted molar refractivity (Wildman–Crippen MR) is 95.8 cm³/mol. The molecule has 7 heteroatoms. The Bertz CT molecular complexity index is 698. The zero-order chi connectivity index (χ0) is 17.6. The highest BCUT2D eigenvalue weighted by Crippen LogP contribution is 2.16. The van der Waals surface area contributed by atoms with Gasteiger partial charge in [-0.1, -0.05) is 23.7 Å². The summed E-state index contributed by atoms with van der Waals surface area (Å²) in [6.07, 6.45) is 1.84. The molecule has 1 aromatic carbocycles. The van der Waals surface area contributed by atoms with E-state index < -0.39 is 0 Å². The van der Waals surface area contributed by atoms with Crippen molar-refractivity contribution in [2.45, 2.75) is 25.4 Å². The van der Waals surface area contributed by atoms with Gasteiger partial charge in [-0.15, -0.1) is 10.2 Å². The molecule has 0 bridgehead atoms. The molecule has 132 valence electrons. The van der Waals surface area contributed by atoms with E-state index in [1.165, 1.54) is 12.7 Å². The highest BCUT2D eigenvalue weighted by Gasteiger charge is 2.21. The topological polar surface area (TPSA) is 67.3 Å². The van der Waals surface area contributed by atoms with Crippen molar-refractivity contribution in [3.8, 4) is 5.88 Å². The second-order valence-electron chi connectivity index (χ2n) is 6.11. The number of amides is 1. The summed E-state index contributed by atoms with van der Waals surface area (Å²) in [6.45, 7) is 2.80. The number of aromatic nitrogens is 2. The molecule has 2 aromatic rings. The van der Waals surface area contributed by atoms with Gasteiger partial charge in [-0.05, 0) is 36.6 Å². The first-order valence-electron chi connectivity index (χ1n) is 8.29. The summed E-state index contributed by atoms with van der Waals surface area (Å²) < 4.78 is 4.95. The molecule has 1 aliphatic heterocycles. The molecule has 1 aromatic heterocycles. The standard InChI is InChI=1S/C18H21ClN4O2/c1-25-17-7-6-16(21-22-17)18(24)20-15-8-10-23(11-9-15)12-13-2-4-14(19)5-3-13/h2-7,15H,8-12H2,1H3,(H,20,24). The van der Waals surface area contributed by atoms with Gasteiger partial charge < -0.3 is 10.1 Å². The predicted octanol–water partition coefficient (Wildman–Crippen LogP) is 2.53. The van der Waals surface area contributed by atoms with Crippen LogP contribution in [0.1, 0.15) is 28.9 Å². The molecule has 6 nitrogen and oxygen atoms in total. The van der Waals surface area contributed by atoms with Gasteiger partial charge in [-0.25, -0.2) is 0 Å². The molecule has 1 amide bonds. The summed E-state index contributed by atoms with van der Waals surface area (Å²) in [5.74, 6) is 0.207. The van der Waals surface area contributed by atoms with E-state index in [4.69, 9.17) is 16.3 Å².